The SMILES string of the molecule is Cc1ccc(OCn2ccc(C(=O)Nc3cnn(COc4cccc(Cl)c4)c3)n2)c(C)c1. The second-order valence-corrected chi connectivity index (χ2v) is 7.67. The van der Waals surface area contributed by atoms with E-state index in [4.69, 9.17) is 21.1 Å². The Kier molecular flexibility index (Phi) is 6.42. The highest BCUT2D eigenvalue weighted by atomic mass is 35.5. The summed E-state index contributed by atoms with van der Waals surface area (Å²) in [5.74, 6) is 1.07. The van der Waals surface area contributed by atoms with Crippen molar-refractivity contribution in [2.75, 3.05) is 5.32 Å². The number of amides is 1. The van der Waals surface area contributed by atoms with Gasteiger partial charge in [0.1, 0.15) is 11.5 Å². The molecular weight excluding hydrogens is 430 g/mol. The number of carbonyl (C=O) groups is 1. The van der Waals surface area contributed by atoms with Crippen LogP contribution in [0.2, 0.25) is 5.02 Å². The highest BCUT2D eigenvalue weighted by molar-refractivity contribution is 6.30. The van der Waals surface area contributed by atoms with Crippen molar-refractivity contribution in [1.82, 2.24) is 19.6 Å². The maximum atomic E-state index is 12.5. The van der Waals surface area contributed by atoms with Crippen molar-refractivity contribution in [3.8, 4) is 11.5 Å². The average Bonchev–Trinajstić information content (AvgIpc) is 3.41. The van der Waals surface area contributed by atoms with Gasteiger partial charge in [-0.25, -0.2) is 9.36 Å². The Morgan fingerprint density at radius 1 is 1.06 bits per heavy atom. The molecule has 0 aliphatic heterocycles. The number of nitrogens with zero attached hydrogens (tertiary/aromatic N) is 4. The van der Waals surface area contributed by atoms with Crippen molar-refractivity contribution < 1.29 is 14.3 Å². The number of carbonyl (C=O) groups excluding carboxylic acids is 1. The van der Waals surface area contributed by atoms with Gasteiger partial charge in [-0.05, 0) is 49.7 Å². The third kappa shape index (κ3) is 5.47. The van der Waals surface area contributed by atoms with Gasteiger partial charge in [-0.15, -0.1) is 0 Å². The summed E-state index contributed by atoms with van der Waals surface area (Å²) in [6.45, 7) is 4.41. The average molecular weight is 452 g/mol. The van der Waals surface area contributed by atoms with E-state index in [0.717, 1.165) is 11.3 Å². The number of benzene rings is 2. The number of aryl methyl sites for hydroxylation is 2. The number of ether oxygens (including phenoxy) is 2. The molecule has 0 atom stereocenters. The first kappa shape index (κ1) is 21.5. The predicted octanol–water partition coefficient (Wildman–Crippen LogP) is 4.68. The molecule has 0 bridgehead atoms. The molecule has 2 aromatic carbocycles. The molecule has 9 heteroatoms. The third-order valence-corrected chi connectivity index (χ3v) is 4.84. The Balaban J connectivity index is 1.30. The Labute approximate surface area is 190 Å². The number of hydrogen-bond donors (Lipinski definition) is 1. The first-order valence-electron chi connectivity index (χ1n) is 9.92. The molecule has 0 unspecified atom stereocenters. The first-order valence-corrected chi connectivity index (χ1v) is 10.3. The number of hydrogen-bond acceptors (Lipinski definition) is 5. The molecule has 4 aromatic rings. The molecule has 0 radical (unpaired) electrons. The second kappa shape index (κ2) is 9.57. The van der Waals surface area contributed by atoms with Crippen LogP contribution in [0.4, 0.5) is 5.69 Å². The minimum atomic E-state index is -0.342. The van der Waals surface area contributed by atoms with Crippen LogP contribution in [0.15, 0.2) is 67.1 Å². The molecule has 164 valence electrons. The summed E-state index contributed by atoms with van der Waals surface area (Å²) in [5.41, 5.74) is 3.03. The van der Waals surface area contributed by atoms with E-state index in [9.17, 15) is 4.79 Å². The van der Waals surface area contributed by atoms with Crippen LogP contribution in [0.3, 0.4) is 0 Å². The summed E-state index contributed by atoms with van der Waals surface area (Å²) >= 11 is 5.95. The largest absolute Gasteiger partial charge is 0.471 e. The lowest BCUT2D eigenvalue weighted by Crippen LogP contribution is -2.14. The molecule has 32 heavy (non-hydrogen) atoms. The van der Waals surface area contributed by atoms with Gasteiger partial charge < -0.3 is 14.8 Å². The highest BCUT2D eigenvalue weighted by Crippen LogP contribution is 2.19. The molecule has 4 rings (SSSR count). The van der Waals surface area contributed by atoms with Gasteiger partial charge in [-0.3, -0.25) is 4.79 Å². The van der Waals surface area contributed by atoms with Crippen molar-refractivity contribution in [1.29, 1.82) is 0 Å². The Hall–Kier alpha value is -3.78. The Morgan fingerprint density at radius 3 is 2.72 bits per heavy atom. The Bertz CT molecular complexity index is 1230. The second-order valence-electron chi connectivity index (χ2n) is 7.24. The van der Waals surface area contributed by atoms with Crippen LogP contribution in [0.5, 0.6) is 11.5 Å². The van der Waals surface area contributed by atoms with Gasteiger partial charge in [0.2, 0.25) is 0 Å². The van der Waals surface area contributed by atoms with Crippen LogP contribution >= 0.6 is 11.6 Å². The Morgan fingerprint density at radius 2 is 1.91 bits per heavy atom. The predicted molar refractivity (Wildman–Crippen MR) is 121 cm³/mol. The van der Waals surface area contributed by atoms with Gasteiger partial charge in [-0.2, -0.15) is 10.2 Å². The number of aromatic nitrogens is 4. The molecule has 2 heterocycles. The molecule has 0 aliphatic carbocycles. The standard InChI is InChI=1S/C23H22ClN5O3/c1-16-6-7-22(17(2)10-16)32-14-28-9-8-21(27-28)23(30)26-19-12-25-29(13-19)15-31-20-5-3-4-18(24)11-20/h3-13H,14-15H2,1-2H3,(H,26,30). The van der Waals surface area contributed by atoms with Crippen LogP contribution in [0.25, 0.3) is 0 Å². The molecule has 0 fully saturated rings. The van der Waals surface area contributed by atoms with E-state index in [-0.39, 0.29) is 25.1 Å². The maximum Gasteiger partial charge on any atom is 0.276 e. The van der Waals surface area contributed by atoms with E-state index in [1.165, 1.54) is 5.56 Å². The van der Waals surface area contributed by atoms with Crippen molar-refractivity contribution in [2.24, 2.45) is 0 Å². The minimum Gasteiger partial charge on any atom is -0.471 e. The fourth-order valence-corrected chi connectivity index (χ4v) is 3.22. The summed E-state index contributed by atoms with van der Waals surface area (Å²) in [5, 5.41) is 11.8. The maximum absolute atomic E-state index is 12.5. The van der Waals surface area contributed by atoms with E-state index >= 15 is 0 Å². The molecule has 0 saturated carbocycles. The molecule has 8 nitrogen and oxygen atoms in total. The van der Waals surface area contributed by atoms with Crippen molar-refractivity contribution in [3.63, 3.8) is 0 Å². The molecule has 0 spiro atoms. The molecule has 1 amide bonds. The normalized spacial score (nSPS) is 10.7. The topological polar surface area (TPSA) is 83.2 Å². The van der Waals surface area contributed by atoms with Crippen LogP contribution < -0.4 is 14.8 Å². The quantitative estimate of drug-likeness (QED) is 0.420. The van der Waals surface area contributed by atoms with Crippen LogP contribution in [0, 0.1) is 13.8 Å². The summed E-state index contributed by atoms with van der Waals surface area (Å²) in [6.07, 6.45) is 4.91. The zero-order valence-electron chi connectivity index (χ0n) is 17.7. The van der Waals surface area contributed by atoms with Gasteiger partial charge in [0.15, 0.2) is 19.2 Å². The molecule has 1 N–H and O–H groups in total. The highest BCUT2D eigenvalue weighted by Gasteiger charge is 2.12. The third-order valence-electron chi connectivity index (χ3n) is 4.61. The van der Waals surface area contributed by atoms with E-state index in [1.54, 1.807) is 58.3 Å². The smallest absolute Gasteiger partial charge is 0.276 e. The summed E-state index contributed by atoms with van der Waals surface area (Å²) < 4.78 is 14.6. The van der Waals surface area contributed by atoms with Crippen molar-refractivity contribution in [2.45, 2.75) is 27.3 Å². The van der Waals surface area contributed by atoms with Gasteiger partial charge in [0.05, 0.1) is 18.1 Å². The van der Waals surface area contributed by atoms with E-state index in [0.29, 0.717) is 16.5 Å². The molecule has 0 aliphatic rings. The number of halogens is 1. The van der Waals surface area contributed by atoms with Gasteiger partial charge in [0, 0.05) is 11.2 Å². The molecule has 0 saturated heterocycles. The van der Waals surface area contributed by atoms with Gasteiger partial charge >= 0.3 is 0 Å². The summed E-state index contributed by atoms with van der Waals surface area (Å²) in [7, 11) is 0. The fraction of sp³-hybridized carbons (Fsp3) is 0.174. The lowest BCUT2D eigenvalue weighted by molar-refractivity contribution is 0.102. The van der Waals surface area contributed by atoms with Crippen LogP contribution in [0.1, 0.15) is 21.6 Å². The lowest BCUT2D eigenvalue weighted by Gasteiger charge is -2.09. The van der Waals surface area contributed by atoms with E-state index in [1.807, 2.05) is 26.0 Å². The zero-order chi connectivity index (χ0) is 22.5. The van der Waals surface area contributed by atoms with E-state index in [2.05, 4.69) is 21.6 Å². The van der Waals surface area contributed by atoms with Gasteiger partial charge in [-0.1, -0.05) is 35.4 Å². The van der Waals surface area contributed by atoms with Crippen LogP contribution in [-0.2, 0) is 13.5 Å². The summed E-state index contributed by atoms with van der Waals surface area (Å²) in [6, 6.07) is 14.7. The molecular formula is C23H22ClN5O3. The lowest BCUT2D eigenvalue weighted by atomic mass is 10.1. The van der Waals surface area contributed by atoms with Crippen molar-refractivity contribution in [3.05, 3.63) is 89.0 Å². The zero-order valence-corrected chi connectivity index (χ0v) is 18.4. The minimum absolute atomic E-state index is 0.181. The van der Waals surface area contributed by atoms with Gasteiger partial charge in [0.25, 0.3) is 5.91 Å². The van der Waals surface area contributed by atoms with Crippen LogP contribution in [-0.4, -0.2) is 25.5 Å². The number of nitrogens with one attached hydrogen (secondary N) is 1. The fourth-order valence-electron chi connectivity index (χ4n) is 3.04. The van der Waals surface area contributed by atoms with E-state index < -0.39 is 0 Å². The first-order chi connectivity index (χ1) is 15.5. The number of rotatable bonds is 8. The monoisotopic (exact) mass is 451 g/mol. The number of anilines is 1. The summed E-state index contributed by atoms with van der Waals surface area (Å²) in [4.78, 5) is 12.5. The molecule has 2 aromatic heterocycles. The van der Waals surface area contributed by atoms with Crippen molar-refractivity contribution >= 4 is 23.2 Å².